The first-order valence-electron chi connectivity index (χ1n) is 6.00. The minimum Gasteiger partial charge on any atom is -0.384 e. The minimum absolute atomic E-state index is 0.0568. The number of hydrogen-bond acceptors (Lipinski definition) is 4. The van der Waals surface area contributed by atoms with Gasteiger partial charge in [-0.1, -0.05) is 20.3 Å². The van der Waals surface area contributed by atoms with E-state index in [1.807, 2.05) is 6.07 Å². The van der Waals surface area contributed by atoms with Gasteiger partial charge in [0.1, 0.15) is 6.07 Å². The van der Waals surface area contributed by atoms with Crippen molar-refractivity contribution in [3.05, 3.63) is 33.9 Å². The van der Waals surface area contributed by atoms with Crippen molar-refractivity contribution in [2.75, 3.05) is 11.9 Å². The maximum atomic E-state index is 10.6. The number of nitro benzene ring substituents is 1. The van der Waals surface area contributed by atoms with Crippen molar-refractivity contribution in [3.8, 4) is 6.07 Å². The number of nitrogens with one attached hydrogen (secondary N) is 1. The molecule has 0 aliphatic heterocycles. The monoisotopic (exact) mass is 247 g/mol. The van der Waals surface area contributed by atoms with E-state index in [2.05, 4.69) is 19.2 Å². The van der Waals surface area contributed by atoms with E-state index in [9.17, 15) is 10.1 Å². The van der Waals surface area contributed by atoms with Crippen LogP contribution in [0.1, 0.15) is 32.3 Å². The van der Waals surface area contributed by atoms with Crippen LogP contribution in [0.3, 0.4) is 0 Å². The molecule has 0 saturated heterocycles. The SMILES string of the molecule is CCCC(C)CNc1ccc([N+](=O)[O-])cc1C#N. The molecule has 0 bridgehead atoms. The van der Waals surface area contributed by atoms with Gasteiger partial charge in [-0.3, -0.25) is 10.1 Å². The van der Waals surface area contributed by atoms with Crippen LogP contribution in [0.5, 0.6) is 0 Å². The molecule has 1 aromatic carbocycles. The second-order valence-electron chi connectivity index (χ2n) is 4.37. The Labute approximate surface area is 107 Å². The molecule has 1 rings (SSSR count). The molecular formula is C13H17N3O2. The number of hydrogen-bond donors (Lipinski definition) is 1. The van der Waals surface area contributed by atoms with Gasteiger partial charge in [0.05, 0.1) is 16.2 Å². The summed E-state index contributed by atoms with van der Waals surface area (Å²) in [5, 5.41) is 22.8. The van der Waals surface area contributed by atoms with Gasteiger partial charge in [0.25, 0.3) is 5.69 Å². The highest BCUT2D eigenvalue weighted by Gasteiger charge is 2.11. The molecular weight excluding hydrogens is 230 g/mol. The summed E-state index contributed by atoms with van der Waals surface area (Å²) in [5.41, 5.74) is 0.914. The van der Waals surface area contributed by atoms with Gasteiger partial charge in [0.2, 0.25) is 0 Å². The molecule has 96 valence electrons. The Balaban J connectivity index is 2.78. The summed E-state index contributed by atoms with van der Waals surface area (Å²) in [6, 6.07) is 6.28. The lowest BCUT2D eigenvalue weighted by Gasteiger charge is -2.13. The van der Waals surface area contributed by atoms with E-state index in [0.29, 0.717) is 17.2 Å². The maximum Gasteiger partial charge on any atom is 0.270 e. The van der Waals surface area contributed by atoms with Crippen molar-refractivity contribution in [2.45, 2.75) is 26.7 Å². The van der Waals surface area contributed by atoms with Gasteiger partial charge < -0.3 is 5.32 Å². The Bertz CT molecular complexity index is 466. The third kappa shape index (κ3) is 3.74. The third-order valence-electron chi connectivity index (χ3n) is 2.76. The highest BCUT2D eigenvalue weighted by atomic mass is 16.6. The Hall–Kier alpha value is -2.09. The fraction of sp³-hybridized carbons (Fsp3) is 0.462. The second kappa shape index (κ2) is 6.60. The summed E-state index contributed by atoms with van der Waals surface area (Å²) in [7, 11) is 0. The molecule has 5 nitrogen and oxygen atoms in total. The first kappa shape index (κ1) is 14.0. The molecule has 0 aliphatic carbocycles. The molecule has 1 unspecified atom stereocenters. The highest BCUT2D eigenvalue weighted by molar-refractivity contribution is 5.61. The number of nitro groups is 1. The van der Waals surface area contributed by atoms with E-state index in [1.165, 1.54) is 12.1 Å². The molecule has 0 aromatic heterocycles. The zero-order valence-electron chi connectivity index (χ0n) is 10.6. The highest BCUT2D eigenvalue weighted by Crippen LogP contribution is 2.21. The van der Waals surface area contributed by atoms with Crippen LogP contribution in [0.15, 0.2) is 18.2 Å². The lowest BCUT2D eigenvalue weighted by molar-refractivity contribution is -0.384. The van der Waals surface area contributed by atoms with Crippen molar-refractivity contribution in [1.29, 1.82) is 5.26 Å². The quantitative estimate of drug-likeness (QED) is 0.617. The lowest BCUT2D eigenvalue weighted by Crippen LogP contribution is -2.11. The van der Waals surface area contributed by atoms with Crippen LogP contribution in [-0.4, -0.2) is 11.5 Å². The molecule has 18 heavy (non-hydrogen) atoms. The molecule has 0 fully saturated rings. The van der Waals surface area contributed by atoms with Gasteiger partial charge in [-0.15, -0.1) is 0 Å². The molecule has 1 atom stereocenters. The first-order valence-corrected chi connectivity index (χ1v) is 6.00. The largest absolute Gasteiger partial charge is 0.384 e. The predicted molar refractivity (Wildman–Crippen MR) is 70.4 cm³/mol. The number of nitrogens with zero attached hydrogens (tertiary/aromatic N) is 2. The summed E-state index contributed by atoms with van der Waals surface area (Å²) in [4.78, 5) is 10.1. The van der Waals surface area contributed by atoms with Crippen molar-refractivity contribution in [2.24, 2.45) is 5.92 Å². The van der Waals surface area contributed by atoms with Crippen LogP contribution < -0.4 is 5.32 Å². The molecule has 1 N–H and O–H groups in total. The van der Waals surface area contributed by atoms with Crippen molar-refractivity contribution < 1.29 is 4.92 Å². The lowest BCUT2D eigenvalue weighted by atomic mass is 10.1. The van der Waals surface area contributed by atoms with Gasteiger partial charge >= 0.3 is 0 Å². The Kier molecular flexibility index (Phi) is 5.12. The fourth-order valence-electron chi connectivity index (χ4n) is 1.77. The van der Waals surface area contributed by atoms with Gasteiger partial charge in [-0.25, -0.2) is 0 Å². The van der Waals surface area contributed by atoms with E-state index in [0.717, 1.165) is 19.4 Å². The summed E-state index contributed by atoms with van der Waals surface area (Å²) < 4.78 is 0. The van der Waals surface area contributed by atoms with Gasteiger partial charge in [-0.05, 0) is 18.4 Å². The minimum atomic E-state index is -0.496. The molecule has 0 saturated carbocycles. The van der Waals surface area contributed by atoms with Gasteiger partial charge in [0.15, 0.2) is 0 Å². The summed E-state index contributed by atoms with van der Waals surface area (Å²) >= 11 is 0. The van der Waals surface area contributed by atoms with E-state index in [1.54, 1.807) is 6.07 Å². The van der Waals surface area contributed by atoms with Crippen molar-refractivity contribution in [1.82, 2.24) is 0 Å². The van der Waals surface area contributed by atoms with Crippen LogP contribution >= 0.6 is 0 Å². The zero-order chi connectivity index (χ0) is 13.5. The average Bonchev–Trinajstić information content (AvgIpc) is 2.36. The molecule has 0 aliphatic rings. The molecule has 0 amide bonds. The first-order chi connectivity index (χ1) is 8.58. The van der Waals surface area contributed by atoms with Crippen LogP contribution in [0.4, 0.5) is 11.4 Å². The molecule has 0 heterocycles. The Morgan fingerprint density at radius 2 is 2.28 bits per heavy atom. The summed E-state index contributed by atoms with van der Waals surface area (Å²) in [6.45, 7) is 5.03. The van der Waals surface area contributed by atoms with E-state index in [4.69, 9.17) is 5.26 Å². The second-order valence-corrected chi connectivity index (χ2v) is 4.37. The third-order valence-corrected chi connectivity index (χ3v) is 2.76. The predicted octanol–water partition coefficient (Wildman–Crippen LogP) is 3.31. The normalized spacial score (nSPS) is 11.6. The van der Waals surface area contributed by atoms with Crippen molar-refractivity contribution >= 4 is 11.4 Å². The number of non-ortho nitro benzene ring substituents is 1. The summed E-state index contributed by atoms with van der Waals surface area (Å²) in [6.07, 6.45) is 2.23. The van der Waals surface area contributed by atoms with Gasteiger partial charge in [0, 0.05) is 18.7 Å². The number of rotatable bonds is 6. The Morgan fingerprint density at radius 3 is 2.83 bits per heavy atom. The number of anilines is 1. The van der Waals surface area contributed by atoms with Crippen molar-refractivity contribution in [3.63, 3.8) is 0 Å². The van der Waals surface area contributed by atoms with E-state index >= 15 is 0 Å². The fourth-order valence-corrected chi connectivity index (χ4v) is 1.77. The number of nitriles is 1. The van der Waals surface area contributed by atoms with Crippen LogP contribution in [0.2, 0.25) is 0 Å². The average molecular weight is 247 g/mol. The number of benzene rings is 1. The van der Waals surface area contributed by atoms with Crippen LogP contribution in [0, 0.1) is 27.4 Å². The summed E-state index contributed by atoms with van der Waals surface area (Å²) in [5.74, 6) is 0.511. The van der Waals surface area contributed by atoms with E-state index in [-0.39, 0.29) is 5.69 Å². The van der Waals surface area contributed by atoms with Crippen LogP contribution in [-0.2, 0) is 0 Å². The van der Waals surface area contributed by atoms with E-state index < -0.39 is 4.92 Å². The molecule has 1 aromatic rings. The zero-order valence-corrected chi connectivity index (χ0v) is 10.6. The molecule has 0 radical (unpaired) electrons. The van der Waals surface area contributed by atoms with Gasteiger partial charge in [-0.2, -0.15) is 5.26 Å². The molecule has 0 spiro atoms. The Morgan fingerprint density at radius 1 is 1.56 bits per heavy atom. The standard InChI is InChI=1S/C13H17N3O2/c1-3-4-10(2)9-15-13-6-5-12(16(17)18)7-11(13)8-14/h5-7,10,15H,3-4,9H2,1-2H3. The maximum absolute atomic E-state index is 10.6. The van der Waals surface area contributed by atoms with Crippen LogP contribution in [0.25, 0.3) is 0 Å². The molecule has 5 heteroatoms. The smallest absolute Gasteiger partial charge is 0.270 e. The topological polar surface area (TPSA) is 79.0 Å².